The molecule has 64 valence electrons. The van der Waals surface area contributed by atoms with E-state index in [9.17, 15) is 4.79 Å². The zero-order chi connectivity index (χ0) is 8.32. The van der Waals surface area contributed by atoms with Gasteiger partial charge in [-0.3, -0.25) is 4.79 Å². The van der Waals surface area contributed by atoms with Crippen molar-refractivity contribution in [2.24, 2.45) is 5.73 Å². The maximum absolute atomic E-state index is 10.9. The van der Waals surface area contributed by atoms with Gasteiger partial charge in [-0.2, -0.15) is 0 Å². The van der Waals surface area contributed by atoms with Crippen molar-refractivity contribution in [3.05, 3.63) is 0 Å². The average Bonchev–Trinajstić information content (AvgIpc) is 1.96. The fraction of sp³-hybridized carbons (Fsp3) is 0.875. The van der Waals surface area contributed by atoms with Crippen molar-refractivity contribution < 1.29 is 4.79 Å². The predicted molar refractivity (Wildman–Crippen MR) is 44.1 cm³/mol. The fourth-order valence-corrected chi connectivity index (χ4v) is 1.52. The molecular formula is C8H16N2O. The summed E-state index contributed by atoms with van der Waals surface area (Å²) in [4.78, 5) is 10.9. The van der Waals surface area contributed by atoms with Gasteiger partial charge in [-0.1, -0.05) is 6.92 Å². The highest BCUT2D eigenvalue weighted by Crippen LogP contribution is 2.34. The van der Waals surface area contributed by atoms with E-state index in [1.54, 1.807) is 0 Å². The van der Waals surface area contributed by atoms with Crippen molar-refractivity contribution in [3.8, 4) is 0 Å². The van der Waals surface area contributed by atoms with Crippen molar-refractivity contribution in [2.45, 2.75) is 38.1 Å². The van der Waals surface area contributed by atoms with Crippen molar-refractivity contribution in [1.82, 2.24) is 5.32 Å². The molecule has 0 spiro atoms. The van der Waals surface area contributed by atoms with Gasteiger partial charge in [-0.15, -0.1) is 0 Å². The number of amides is 1. The third kappa shape index (κ3) is 1.71. The molecule has 0 atom stereocenters. The molecule has 0 saturated heterocycles. The van der Waals surface area contributed by atoms with Crippen LogP contribution in [0, 0.1) is 0 Å². The Morgan fingerprint density at radius 3 is 2.55 bits per heavy atom. The van der Waals surface area contributed by atoms with Crippen LogP contribution in [0.4, 0.5) is 0 Å². The Morgan fingerprint density at radius 1 is 1.64 bits per heavy atom. The van der Waals surface area contributed by atoms with Crippen molar-refractivity contribution in [3.63, 3.8) is 0 Å². The van der Waals surface area contributed by atoms with Gasteiger partial charge in [-0.25, -0.2) is 0 Å². The van der Waals surface area contributed by atoms with Crippen molar-refractivity contribution >= 4 is 5.91 Å². The molecule has 0 bridgehead atoms. The summed E-state index contributed by atoms with van der Waals surface area (Å²) >= 11 is 0. The second-order valence-electron chi connectivity index (χ2n) is 3.24. The van der Waals surface area contributed by atoms with E-state index in [0.29, 0.717) is 0 Å². The van der Waals surface area contributed by atoms with Gasteiger partial charge in [0.05, 0.1) is 6.54 Å². The predicted octanol–water partition coefficient (Wildman–Crippen LogP) is 0.394. The van der Waals surface area contributed by atoms with E-state index in [1.165, 1.54) is 6.42 Å². The number of hydrogen-bond acceptors (Lipinski definition) is 2. The van der Waals surface area contributed by atoms with Gasteiger partial charge in [0, 0.05) is 5.54 Å². The number of carbonyl (C=O) groups is 1. The summed E-state index contributed by atoms with van der Waals surface area (Å²) in [5.74, 6) is -0.0217. The Labute approximate surface area is 67.3 Å². The Hall–Kier alpha value is -0.570. The van der Waals surface area contributed by atoms with E-state index in [1.807, 2.05) is 0 Å². The second-order valence-corrected chi connectivity index (χ2v) is 3.24. The molecule has 3 N–H and O–H groups in total. The highest BCUT2D eigenvalue weighted by Gasteiger charge is 2.35. The minimum atomic E-state index is -0.0217. The first kappa shape index (κ1) is 8.53. The average molecular weight is 156 g/mol. The fourth-order valence-electron chi connectivity index (χ4n) is 1.52. The number of hydrogen-bond donors (Lipinski definition) is 2. The number of rotatable bonds is 3. The summed E-state index contributed by atoms with van der Waals surface area (Å²) < 4.78 is 0. The van der Waals surface area contributed by atoms with Gasteiger partial charge >= 0.3 is 0 Å². The SMILES string of the molecule is CCC1(NC(=O)CN)CCC1. The zero-order valence-corrected chi connectivity index (χ0v) is 7.02. The number of nitrogens with two attached hydrogens (primary N) is 1. The quantitative estimate of drug-likeness (QED) is 0.621. The molecule has 1 aliphatic carbocycles. The molecule has 3 nitrogen and oxygen atoms in total. The molecular weight excluding hydrogens is 140 g/mol. The van der Waals surface area contributed by atoms with Crippen LogP contribution in [0.3, 0.4) is 0 Å². The molecule has 1 saturated carbocycles. The van der Waals surface area contributed by atoms with Crippen LogP contribution in [0.25, 0.3) is 0 Å². The maximum Gasteiger partial charge on any atom is 0.234 e. The lowest BCUT2D eigenvalue weighted by Crippen LogP contribution is -2.54. The molecule has 1 aliphatic rings. The molecule has 1 amide bonds. The topological polar surface area (TPSA) is 55.1 Å². The molecule has 0 unspecified atom stereocenters. The van der Waals surface area contributed by atoms with Gasteiger partial charge in [0.1, 0.15) is 0 Å². The van der Waals surface area contributed by atoms with Crippen LogP contribution in [-0.4, -0.2) is 18.0 Å². The third-order valence-electron chi connectivity index (χ3n) is 2.58. The van der Waals surface area contributed by atoms with Gasteiger partial charge in [0.25, 0.3) is 0 Å². The van der Waals surface area contributed by atoms with E-state index in [0.717, 1.165) is 19.3 Å². The molecule has 1 fully saturated rings. The van der Waals surface area contributed by atoms with E-state index in [4.69, 9.17) is 5.73 Å². The van der Waals surface area contributed by atoms with E-state index in [-0.39, 0.29) is 18.0 Å². The molecule has 0 aromatic carbocycles. The van der Waals surface area contributed by atoms with Crippen LogP contribution < -0.4 is 11.1 Å². The molecule has 1 rings (SSSR count). The van der Waals surface area contributed by atoms with Gasteiger partial charge in [0.2, 0.25) is 5.91 Å². The van der Waals surface area contributed by atoms with E-state index in [2.05, 4.69) is 12.2 Å². The van der Waals surface area contributed by atoms with Crippen LogP contribution in [0.2, 0.25) is 0 Å². The lowest BCUT2D eigenvalue weighted by atomic mass is 9.75. The largest absolute Gasteiger partial charge is 0.350 e. The van der Waals surface area contributed by atoms with Crippen molar-refractivity contribution in [2.75, 3.05) is 6.54 Å². The monoisotopic (exact) mass is 156 g/mol. The third-order valence-corrected chi connectivity index (χ3v) is 2.58. The summed E-state index contributed by atoms with van der Waals surface area (Å²) in [7, 11) is 0. The van der Waals surface area contributed by atoms with Crippen LogP contribution in [0.1, 0.15) is 32.6 Å². The first-order valence-electron chi connectivity index (χ1n) is 4.23. The maximum atomic E-state index is 10.9. The summed E-state index contributed by atoms with van der Waals surface area (Å²) in [5, 5.41) is 2.97. The summed E-state index contributed by atoms with van der Waals surface area (Å²) in [5.41, 5.74) is 5.31. The minimum absolute atomic E-state index is 0.0217. The van der Waals surface area contributed by atoms with Gasteiger partial charge in [-0.05, 0) is 25.7 Å². The van der Waals surface area contributed by atoms with Gasteiger partial charge < -0.3 is 11.1 Å². The molecule has 0 aliphatic heterocycles. The molecule has 0 radical (unpaired) electrons. The minimum Gasteiger partial charge on any atom is -0.350 e. The normalized spacial score (nSPS) is 20.5. The zero-order valence-electron chi connectivity index (χ0n) is 7.02. The Kier molecular flexibility index (Phi) is 2.49. The number of carbonyl (C=O) groups excluding carboxylic acids is 1. The van der Waals surface area contributed by atoms with E-state index >= 15 is 0 Å². The number of nitrogens with one attached hydrogen (secondary N) is 1. The van der Waals surface area contributed by atoms with Gasteiger partial charge in [0.15, 0.2) is 0 Å². The molecule has 3 heteroatoms. The van der Waals surface area contributed by atoms with Crippen LogP contribution in [-0.2, 0) is 4.79 Å². The van der Waals surface area contributed by atoms with E-state index < -0.39 is 0 Å². The Morgan fingerprint density at radius 2 is 2.27 bits per heavy atom. The second kappa shape index (κ2) is 3.22. The molecule has 0 heterocycles. The van der Waals surface area contributed by atoms with Crippen molar-refractivity contribution in [1.29, 1.82) is 0 Å². The Balaban J connectivity index is 2.38. The smallest absolute Gasteiger partial charge is 0.234 e. The highest BCUT2D eigenvalue weighted by molar-refractivity contribution is 5.78. The standard InChI is InChI=1S/C8H16N2O/c1-2-8(4-3-5-8)10-7(11)6-9/h2-6,9H2,1H3,(H,10,11). The molecule has 0 aromatic heterocycles. The molecule has 11 heavy (non-hydrogen) atoms. The molecule has 0 aromatic rings. The summed E-state index contributed by atoms with van der Waals surface area (Å²) in [6, 6.07) is 0. The Bertz CT molecular complexity index is 147. The summed E-state index contributed by atoms with van der Waals surface area (Å²) in [6.45, 7) is 2.22. The van der Waals surface area contributed by atoms with Crippen LogP contribution in [0.15, 0.2) is 0 Å². The first-order valence-corrected chi connectivity index (χ1v) is 4.23. The first-order chi connectivity index (χ1) is 5.22. The van der Waals surface area contributed by atoms with Crippen LogP contribution in [0.5, 0.6) is 0 Å². The highest BCUT2D eigenvalue weighted by atomic mass is 16.2. The lowest BCUT2D eigenvalue weighted by Gasteiger charge is -2.41. The summed E-state index contributed by atoms with van der Waals surface area (Å²) in [6.07, 6.45) is 4.50. The van der Waals surface area contributed by atoms with Crippen LogP contribution >= 0.6 is 0 Å². The lowest BCUT2D eigenvalue weighted by molar-refractivity contribution is -0.122.